The highest BCUT2D eigenvalue weighted by Crippen LogP contribution is 2.17. The van der Waals surface area contributed by atoms with Crippen molar-refractivity contribution in [1.82, 2.24) is 9.55 Å². The van der Waals surface area contributed by atoms with E-state index in [0.717, 1.165) is 29.7 Å². The van der Waals surface area contributed by atoms with Crippen LogP contribution in [0.15, 0.2) is 24.3 Å². The van der Waals surface area contributed by atoms with Crippen molar-refractivity contribution < 1.29 is 5.11 Å². The summed E-state index contributed by atoms with van der Waals surface area (Å²) in [6.07, 6.45) is 1.46. The Balaban J connectivity index is 2.44. The number of fused-ring (bicyclic) bond motifs is 1. The Labute approximate surface area is 101 Å². The molecule has 0 amide bonds. The van der Waals surface area contributed by atoms with E-state index in [1.807, 2.05) is 24.3 Å². The fraction of sp³-hybridized carbons (Fsp3) is 0.462. The Morgan fingerprint density at radius 1 is 1.41 bits per heavy atom. The summed E-state index contributed by atoms with van der Waals surface area (Å²) in [7, 11) is 0. The summed E-state index contributed by atoms with van der Waals surface area (Å²) in [5, 5.41) is 9.71. The highest BCUT2D eigenvalue weighted by Gasteiger charge is 2.12. The molecule has 1 heterocycles. The Morgan fingerprint density at radius 2 is 2.18 bits per heavy atom. The number of rotatable bonds is 5. The van der Waals surface area contributed by atoms with Gasteiger partial charge in [-0.15, -0.1) is 0 Å². The molecule has 0 aliphatic heterocycles. The van der Waals surface area contributed by atoms with E-state index in [1.165, 1.54) is 0 Å². The zero-order valence-electron chi connectivity index (χ0n) is 10.1. The van der Waals surface area contributed by atoms with E-state index in [2.05, 4.69) is 16.5 Å². The van der Waals surface area contributed by atoms with Crippen molar-refractivity contribution >= 4 is 11.0 Å². The summed E-state index contributed by atoms with van der Waals surface area (Å²) in [6, 6.07) is 8.00. The molecule has 4 nitrogen and oxygen atoms in total. The molecule has 2 aromatic rings. The van der Waals surface area contributed by atoms with Gasteiger partial charge in [0.1, 0.15) is 5.82 Å². The van der Waals surface area contributed by atoms with E-state index in [0.29, 0.717) is 6.54 Å². The molecule has 0 saturated heterocycles. The molecular formula is C13H19N3O. The number of aliphatic hydroxyl groups excluding tert-OH is 1. The minimum absolute atomic E-state index is 0.276. The molecule has 1 aromatic heterocycles. The predicted octanol–water partition coefficient (Wildman–Crippen LogP) is 1.31. The average molecular weight is 233 g/mol. The van der Waals surface area contributed by atoms with E-state index in [4.69, 9.17) is 5.73 Å². The second-order valence-corrected chi connectivity index (χ2v) is 4.27. The summed E-state index contributed by atoms with van der Waals surface area (Å²) in [6.45, 7) is 2.92. The molecule has 17 heavy (non-hydrogen) atoms. The van der Waals surface area contributed by atoms with Crippen LogP contribution in [0.3, 0.4) is 0 Å². The summed E-state index contributed by atoms with van der Waals surface area (Å²) in [4.78, 5) is 4.60. The van der Waals surface area contributed by atoms with Crippen LogP contribution in [-0.4, -0.2) is 27.3 Å². The fourth-order valence-corrected chi connectivity index (χ4v) is 2.03. The monoisotopic (exact) mass is 233 g/mol. The van der Waals surface area contributed by atoms with E-state index >= 15 is 0 Å². The Hall–Kier alpha value is -1.39. The summed E-state index contributed by atoms with van der Waals surface area (Å²) in [5.74, 6) is 1.03. The molecule has 1 aromatic carbocycles. The topological polar surface area (TPSA) is 64.1 Å². The number of aromatic nitrogens is 2. The van der Waals surface area contributed by atoms with Crippen LogP contribution in [0.1, 0.15) is 19.2 Å². The first-order chi connectivity index (χ1) is 8.26. The van der Waals surface area contributed by atoms with Crippen LogP contribution in [0, 0.1) is 0 Å². The number of para-hydroxylation sites is 2. The minimum Gasteiger partial charge on any atom is -0.390 e. The third-order valence-electron chi connectivity index (χ3n) is 2.87. The quantitative estimate of drug-likeness (QED) is 0.818. The van der Waals surface area contributed by atoms with Crippen LogP contribution in [-0.2, 0) is 13.0 Å². The molecular weight excluding hydrogens is 214 g/mol. The van der Waals surface area contributed by atoms with Crippen LogP contribution in [0.25, 0.3) is 11.0 Å². The predicted molar refractivity (Wildman–Crippen MR) is 68.8 cm³/mol. The lowest BCUT2D eigenvalue weighted by atomic mass is 10.3. The van der Waals surface area contributed by atoms with Crippen molar-refractivity contribution in [3.05, 3.63) is 30.1 Å². The van der Waals surface area contributed by atoms with Crippen molar-refractivity contribution in [3.8, 4) is 0 Å². The number of aliphatic hydroxyl groups is 1. The molecule has 0 bridgehead atoms. The van der Waals surface area contributed by atoms with Gasteiger partial charge >= 0.3 is 0 Å². The molecule has 0 aliphatic carbocycles. The molecule has 92 valence electrons. The van der Waals surface area contributed by atoms with Gasteiger partial charge in [-0.1, -0.05) is 19.1 Å². The number of aryl methyl sites for hydroxylation is 1. The molecule has 0 fully saturated rings. The van der Waals surface area contributed by atoms with E-state index in [1.54, 1.807) is 0 Å². The number of hydrogen-bond donors (Lipinski definition) is 2. The lowest BCUT2D eigenvalue weighted by Crippen LogP contribution is -2.26. The molecule has 0 aliphatic rings. The molecule has 0 unspecified atom stereocenters. The van der Waals surface area contributed by atoms with Gasteiger partial charge in [-0.2, -0.15) is 0 Å². The largest absolute Gasteiger partial charge is 0.390 e. The standard InChI is InChI=1S/C13H19N3O/c1-2-5-13-15-11-6-3-4-7-12(11)16(13)9-10(17)8-14/h3-4,6-7,10,17H,2,5,8-9,14H2,1H3/t10-/m0/s1. The summed E-state index contributed by atoms with van der Waals surface area (Å²) in [5.41, 5.74) is 7.53. The molecule has 0 radical (unpaired) electrons. The Bertz CT molecular complexity index is 492. The number of benzene rings is 1. The van der Waals surface area contributed by atoms with Crippen LogP contribution in [0.2, 0.25) is 0 Å². The second-order valence-electron chi connectivity index (χ2n) is 4.27. The van der Waals surface area contributed by atoms with Gasteiger partial charge < -0.3 is 15.4 Å². The molecule has 0 saturated carbocycles. The van der Waals surface area contributed by atoms with Gasteiger partial charge in [0.05, 0.1) is 23.7 Å². The lowest BCUT2D eigenvalue weighted by molar-refractivity contribution is 0.162. The maximum atomic E-state index is 9.71. The van der Waals surface area contributed by atoms with E-state index in [9.17, 15) is 5.11 Å². The molecule has 2 rings (SSSR count). The van der Waals surface area contributed by atoms with Crippen LogP contribution >= 0.6 is 0 Å². The number of hydrogen-bond acceptors (Lipinski definition) is 3. The average Bonchev–Trinajstić information content (AvgIpc) is 2.68. The Morgan fingerprint density at radius 3 is 2.88 bits per heavy atom. The maximum Gasteiger partial charge on any atom is 0.109 e. The maximum absolute atomic E-state index is 9.71. The number of nitrogens with zero attached hydrogens (tertiary/aromatic N) is 2. The normalized spacial score (nSPS) is 13.1. The van der Waals surface area contributed by atoms with Crippen LogP contribution in [0.4, 0.5) is 0 Å². The van der Waals surface area contributed by atoms with Crippen molar-refractivity contribution in [2.75, 3.05) is 6.54 Å². The van der Waals surface area contributed by atoms with Gasteiger partial charge in [-0.05, 0) is 18.6 Å². The molecule has 0 spiro atoms. The van der Waals surface area contributed by atoms with Gasteiger partial charge in [0.15, 0.2) is 0 Å². The zero-order chi connectivity index (χ0) is 12.3. The fourth-order valence-electron chi connectivity index (χ4n) is 2.03. The van der Waals surface area contributed by atoms with Crippen LogP contribution < -0.4 is 5.73 Å². The first-order valence-corrected chi connectivity index (χ1v) is 6.08. The van der Waals surface area contributed by atoms with Gasteiger partial charge in [-0.25, -0.2) is 4.98 Å². The minimum atomic E-state index is -0.511. The highest BCUT2D eigenvalue weighted by atomic mass is 16.3. The van der Waals surface area contributed by atoms with E-state index in [-0.39, 0.29) is 6.54 Å². The lowest BCUT2D eigenvalue weighted by Gasteiger charge is -2.12. The second kappa shape index (κ2) is 5.29. The first-order valence-electron chi connectivity index (χ1n) is 6.08. The SMILES string of the molecule is CCCc1nc2ccccc2n1C[C@@H](O)CN. The van der Waals surface area contributed by atoms with Crippen molar-refractivity contribution in [2.45, 2.75) is 32.4 Å². The van der Waals surface area contributed by atoms with Crippen molar-refractivity contribution in [2.24, 2.45) is 5.73 Å². The Kier molecular flexibility index (Phi) is 3.76. The zero-order valence-corrected chi connectivity index (χ0v) is 10.1. The molecule has 4 heteroatoms. The van der Waals surface area contributed by atoms with Gasteiger partial charge in [0.2, 0.25) is 0 Å². The summed E-state index contributed by atoms with van der Waals surface area (Å²) >= 11 is 0. The number of nitrogens with two attached hydrogens (primary N) is 1. The third kappa shape index (κ3) is 2.48. The summed E-state index contributed by atoms with van der Waals surface area (Å²) < 4.78 is 2.08. The van der Waals surface area contributed by atoms with Crippen molar-refractivity contribution in [3.63, 3.8) is 0 Å². The molecule has 3 N–H and O–H groups in total. The molecule has 1 atom stereocenters. The van der Waals surface area contributed by atoms with Gasteiger partial charge in [0.25, 0.3) is 0 Å². The smallest absolute Gasteiger partial charge is 0.109 e. The van der Waals surface area contributed by atoms with Gasteiger partial charge in [0, 0.05) is 13.0 Å². The van der Waals surface area contributed by atoms with Crippen LogP contribution in [0.5, 0.6) is 0 Å². The first kappa shape index (κ1) is 12.1. The van der Waals surface area contributed by atoms with Gasteiger partial charge in [-0.3, -0.25) is 0 Å². The van der Waals surface area contributed by atoms with E-state index < -0.39 is 6.10 Å². The highest BCUT2D eigenvalue weighted by molar-refractivity contribution is 5.75. The number of imidazole rings is 1. The van der Waals surface area contributed by atoms with Crippen molar-refractivity contribution in [1.29, 1.82) is 0 Å². The third-order valence-corrected chi connectivity index (χ3v) is 2.87.